The summed E-state index contributed by atoms with van der Waals surface area (Å²) in [7, 11) is 0. The van der Waals surface area contributed by atoms with Crippen molar-refractivity contribution in [3.63, 3.8) is 0 Å². The molecule has 2 unspecified atom stereocenters. The Labute approximate surface area is 159 Å². The minimum atomic E-state index is -0.849. The molecule has 3 atom stereocenters. The zero-order chi connectivity index (χ0) is 20.1. The highest BCUT2D eigenvalue weighted by molar-refractivity contribution is 6.14. The number of hydrogen-bond donors (Lipinski definition) is 3. The van der Waals surface area contributed by atoms with E-state index in [2.05, 4.69) is 23.8 Å². The van der Waals surface area contributed by atoms with Crippen LogP contribution in [-0.4, -0.2) is 17.8 Å². The highest BCUT2D eigenvalue weighted by atomic mass is 19.1. The van der Waals surface area contributed by atoms with Crippen molar-refractivity contribution in [1.82, 2.24) is 5.32 Å². The summed E-state index contributed by atoms with van der Waals surface area (Å²) in [6.45, 7) is 9.59. The van der Waals surface area contributed by atoms with Gasteiger partial charge < -0.3 is 16.8 Å². The molecule has 1 aromatic carbocycles. The maximum atomic E-state index is 13.4. The van der Waals surface area contributed by atoms with Gasteiger partial charge in [0, 0.05) is 22.9 Å². The Bertz CT molecular complexity index is 804. The van der Waals surface area contributed by atoms with Gasteiger partial charge in [0.25, 0.3) is 0 Å². The summed E-state index contributed by atoms with van der Waals surface area (Å²) in [5.74, 6) is -0.666. The monoisotopic (exact) mass is 370 g/mol. The van der Waals surface area contributed by atoms with Crippen molar-refractivity contribution in [3.8, 4) is 0 Å². The van der Waals surface area contributed by atoms with Gasteiger partial charge in [0.2, 0.25) is 5.91 Å². The summed E-state index contributed by atoms with van der Waals surface area (Å²) in [5.41, 5.74) is 15.0. The van der Waals surface area contributed by atoms with Crippen LogP contribution in [0.5, 0.6) is 0 Å². The Hall–Kier alpha value is -2.73. The van der Waals surface area contributed by atoms with Crippen LogP contribution in [-0.2, 0) is 4.79 Å². The number of allylic oxidation sites excluding steroid dienone is 4. The molecule has 1 aliphatic heterocycles. The number of rotatable bonds is 5. The number of nitrogens with zero attached hydrogens (tertiary/aromatic N) is 1. The lowest BCUT2D eigenvalue weighted by Gasteiger charge is -2.33. The fourth-order valence-corrected chi connectivity index (χ4v) is 3.08. The third-order valence-electron chi connectivity index (χ3n) is 4.77. The number of halogens is 1. The summed E-state index contributed by atoms with van der Waals surface area (Å²) in [6, 6.07) is 5.08. The number of hydrogen-bond acceptors (Lipinski definition) is 4. The molecule has 1 amide bonds. The lowest BCUT2D eigenvalue weighted by Crippen LogP contribution is -2.54. The van der Waals surface area contributed by atoms with E-state index in [9.17, 15) is 9.18 Å². The molecule has 1 saturated heterocycles. The molecular weight excluding hydrogens is 343 g/mol. The molecular formula is C21H27FN4O. The molecule has 5 nitrogen and oxygen atoms in total. The van der Waals surface area contributed by atoms with Crippen LogP contribution in [0.3, 0.4) is 0 Å². The molecule has 0 radical (unpaired) electrons. The number of carbonyl (C=O) groups excluding carboxylic acids is 1. The topological polar surface area (TPSA) is 93.5 Å². The molecule has 1 fully saturated rings. The number of piperidine rings is 1. The summed E-state index contributed by atoms with van der Waals surface area (Å²) in [6.07, 6.45) is 4.36. The van der Waals surface area contributed by atoms with E-state index < -0.39 is 12.0 Å². The Balaban J connectivity index is 2.62. The summed E-state index contributed by atoms with van der Waals surface area (Å²) >= 11 is 0. The van der Waals surface area contributed by atoms with Gasteiger partial charge in [-0.25, -0.2) is 9.38 Å². The molecule has 0 aliphatic carbocycles. The molecule has 0 spiro atoms. The first kappa shape index (κ1) is 20.6. The van der Waals surface area contributed by atoms with Gasteiger partial charge in [-0.1, -0.05) is 38.6 Å². The second-order valence-corrected chi connectivity index (χ2v) is 6.74. The highest BCUT2D eigenvalue weighted by Crippen LogP contribution is 2.33. The smallest absolute Gasteiger partial charge is 0.243 e. The molecule has 6 heteroatoms. The Kier molecular flexibility index (Phi) is 6.69. The van der Waals surface area contributed by atoms with E-state index in [1.165, 1.54) is 12.1 Å². The zero-order valence-corrected chi connectivity index (χ0v) is 16.0. The molecule has 1 heterocycles. The van der Waals surface area contributed by atoms with Crippen LogP contribution in [0.1, 0.15) is 38.7 Å². The minimum Gasteiger partial charge on any atom is -0.402 e. The fourth-order valence-electron chi connectivity index (χ4n) is 3.08. The molecule has 1 aliphatic rings. The van der Waals surface area contributed by atoms with Crippen LogP contribution in [0.2, 0.25) is 0 Å². The van der Waals surface area contributed by atoms with E-state index >= 15 is 0 Å². The van der Waals surface area contributed by atoms with E-state index in [-0.39, 0.29) is 17.6 Å². The third-order valence-corrected chi connectivity index (χ3v) is 4.77. The van der Waals surface area contributed by atoms with E-state index in [0.717, 1.165) is 12.1 Å². The van der Waals surface area contributed by atoms with Crippen molar-refractivity contribution in [3.05, 3.63) is 71.3 Å². The maximum absolute atomic E-state index is 13.4. The quantitative estimate of drug-likeness (QED) is 0.695. The van der Waals surface area contributed by atoms with Crippen LogP contribution in [0.4, 0.5) is 4.39 Å². The number of carbonyl (C=O) groups is 1. The van der Waals surface area contributed by atoms with Gasteiger partial charge in [-0.2, -0.15) is 0 Å². The SMILES string of the molecule is C=C/C=C(/N=C1\NC(=O)[C@@H](N)C(c2ccc(F)cc2)\C1=C(/C)N)C(C)CC. The number of benzene rings is 1. The van der Waals surface area contributed by atoms with Gasteiger partial charge in [0.15, 0.2) is 0 Å². The predicted octanol–water partition coefficient (Wildman–Crippen LogP) is 3.11. The first-order valence-corrected chi connectivity index (χ1v) is 8.99. The van der Waals surface area contributed by atoms with Crippen molar-refractivity contribution < 1.29 is 9.18 Å². The van der Waals surface area contributed by atoms with Crippen molar-refractivity contribution >= 4 is 11.7 Å². The molecule has 0 aromatic heterocycles. The van der Waals surface area contributed by atoms with Crippen LogP contribution in [0.25, 0.3) is 0 Å². The van der Waals surface area contributed by atoms with Crippen LogP contribution in [0, 0.1) is 11.7 Å². The van der Waals surface area contributed by atoms with E-state index in [4.69, 9.17) is 11.5 Å². The number of aliphatic imine (C=N–C) groups is 1. The van der Waals surface area contributed by atoms with E-state index in [0.29, 0.717) is 22.7 Å². The van der Waals surface area contributed by atoms with Crippen LogP contribution in [0.15, 0.2) is 65.0 Å². The molecule has 0 bridgehead atoms. The van der Waals surface area contributed by atoms with Crippen molar-refractivity contribution in [1.29, 1.82) is 0 Å². The number of amides is 1. The van der Waals surface area contributed by atoms with Crippen molar-refractivity contribution in [2.24, 2.45) is 22.4 Å². The van der Waals surface area contributed by atoms with Gasteiger partial charge in [-0.05, 0) is 43.0 Å². The summed E-state index contributed by atoms with van der Waals surface area (Å²) in [4.78, 5) is 17.2. The number of nitrogens with one attached hydrogen (secondary N) is 1. The molecule has 0 saturated carbocycles. The maximum Gasteiger partial charge on any atom is 0.243 e. The zero-order valence-electron chi connectivity index (χ0n) is 16.0. The lowest BCUT2D eigenvalue weighted by molar-refractivity contribution is -0.121. The first-order valence-electron chi connectivity index (χ1n) is 8.99. The number of nitrogens with two attached hydrogens (primary N) is 2. The molecule has 1 aromatic rings. The molecule has 144 valence electrons. The Morgan fingerprint density at radius 3 is 2.56 bits per heavy atom. The highest BCUT2D eigenvalue weighted by Gasteiger charge is 2.38. The molecule has 27 heavy (non-hydrogen) atoms. The van der Waals surface area contributed by atoms with Gasteiger partial charge in [0.1, 0.15) is 11.7 Å². The van der Waals surface area contributed by atoms with Gasteiger partial charge >= 0.3 is 0 Å². The largest absolute Gasteiger partial charge is 0.402 e. The predicted molar refractivity (Wildman–Crippen MR) is 107 cm³/mol. The Morgan fingerprint density at radius 2 is 2.04 bits per heavy atom. The fraction of sp³-hybridized carbons (Fsp3) is 0.333. The van der Waals surface area contributed by atoms with Crippen LogP contribution >= 0.6 is 0 Å². The molecule has 5 N–H and O–H groups in total. The first-order chi connectivity index (χ1) is 12.8. The second-order valence-electron chi connectivity index (χ2n) is 6.74. The van der Waals surface area contributed by atoms with Crippen LogP contribution < -0.4 is 16.8 Å². The van der Waals surface area contributed by atoms with Gasteiger partial charge in [-0.15, -0.1) is 0 Å². The minimum absolute atomic E-state index is 0.173. The van der Waals surface area contributed by atoms with Crippen molar-refractivity contribution in [2.45, 2.75) is 39.2 Å². The Morgan fingerprint density at radius 1 is 1.41 bits per heavy atom. The lowest BCUT2D eigenvalue weighted by atomic mass is 9.80. The standard InChI is InChI=1S/C21H27FN4O/c1-5-7-16(12(3)6-2)25-20-17(13(4)23)18(19(24)21(27)26-20)14-8-10-15(22)11-9-14/h5,7-12,18-19H,1,6,23-24H2,2-4H3,(H,25,26,27)/b16-7+,17-13-/t12?,18?,19-/m0/s1. The van der Waals surface area contributed by atoms with Crippen molar-refractivity contribution in [2.75, 3.05) is 0 Å². The summed E-state index contributed by atoms with van der Waals surface area (Å²) < 4.78 is 13.4. The normalized spacial score (nSPS) is 25.1. The third kappa shape index (κ3) is 4.52. The van der Waals surface area contributed by atoms with E-state index in [1.54, 1.807) is 25.1 Å². The average Bonchev–Trinajstić information content (AvgIpc) is 2.63. The summed E-state index contributed by atoms with van der Waals surface area (Å²) in [5, 5.41) is 2.78. The molecule has 2 rings (SSSR count). The number of amidine groups is 1. The van der Waals surface area contributed by atoms with E-state index in [1.807, 2.05) is 13.0 Å². The second kappa shape index (κ2) is 8.77. The average molecular weight is 370 g/mol. The van der Waals surface area contributed by atoms with Gasteiger partial charge in [0.05, 0.1) is 6.04 Å². The van der Waals surface area contributed by atoms with Gasteiger partial charge in [-0.3, -0.25) is 4.79 Å².